The molecule has 0 aliphatic heterocycles. The van der Waals surface area contributed by atoms with E-state index >= 15 is 0 Å². The minimum absolute atomic E-state index is 0.115. The van der Waals surface area contributed by atoms with Crippen molar-refractivity contribution in [1.29, 1.82) is 0 Å². The lowest BCUT2D eigenvalue weighted by atomic mass is 9.73. The highest BCUT2D eigenvalue weighted by molar-refractivity contribution is 6.30. The van der Waals surface area contributed by atoms with Crippen LogP contribution in [0.1, 0.15) is 44.6 Å². The Morgan fingerprint density at radius 3 is 2.31 bits per heavy atom. The van der Waals surface area contributed by atoms with E-state index in [9.17, 15) is 0 Å². The van der Waals surface area contributed by atoms with Gasteiger partial charge in [-0.15, -0.1) is 0 Å². The van der Waals surface area contributed by atoms with E-state index in [2.05, 4.69) is 19.1 Å². The van der Waals surface area contributed by atoms with Crippen LogP contribution in [0.4, 0.5) is 0 Å². The summed E-state index contributed by atoms with van der Waals surface area (Å²) in [4.78, 5) is 0. The zero-order valence-electron chi connectivity index (χ0n) is 9.88. The van der Waals surface area contributed by atoms with Gasteiger partial charge in [0.2, 0.25) is 0 Å². The molecule has 0 aromatic heterocycles. The standard InChI is InChI=1S/C14H20ClN/c1-2-11-7-9-14(16,10-8-11)12-3-5-13(15)6-4-12/h3-6,11H,2,7-10,16H2,1H3. The third kappa shape index (κ3) is 2.41. The fourth-order valence-corrected chi connectivity index (χ4v) is 2.80. The topological polar surface area (TPSA) is 26.0 Å². The molecule has 0 unspecified atom stereocenters. The van der Waals surface area contributed by atoms with Crippen LogP contribution in [0.5, 0.6) is 0 Å². The van der Waals surface area contributed by atoms with E-state index in [1.807, 2.05) is 12.1 Å². The second-order valence-electron chi connectivity index (χ2n) is 5.01. The summed E-state index contributed by atoms with van der Waals surface area (Å²) in [5, 5.41) is 0.787. The van der Waals surface area contributed by atoms with Crippen LogP contribution in [-0.2, 0) is 5.54 Å². The van der Waals surface area contributed by atoms with Gasteiger partial charge < -0.3 is 5.73 Å². The molecular weight excluding hydrogens is 218 g/mol. The molecule has 0 amide bonds. The van der Waals surface area contributed by atoms with Gasteiger partial charge in [-0.1, -0.05) is 37.1 Å². The van der Waals surface area contributed by atoms with Crippen LogP contribution in [0, 0.1) is 5.92 Å². The lowest BCUT2D eigenvalue weighted by Gasteiger charge is -2.37. The van der Waals surface area contributed by atoms with Crippen LogP contribution < -0.4 is 5.73 Å². The van der Waals surface area contributed by atoms with Crippen LogP contribution in [0.3, 0.4) is 0 Å². The quantitative estimate of drug-likeness (QED) is 0.824. The molecule has 0 saturated heterocycles. The molecule has 0 atom stereocenters. The molecule has 88 valence electrons. The molecule has 0 bridgehead atoms. The Morgan fingerprint density at radius 2 is 1.81 bits per heavy atom. The summed E-state index contributed by atoms with van der Waals surface area (Å²) < 4.78 is 0. The van der Waals surface area contributed by atoms with E-state index < -0.39 is 0 Å². The highest BCUT2D eigenvalue weighted by atomic mass is 35.5. The monoisotopic (exact) mass is 237 g/mol. The lowest BCUT2D eigenvalue weighted by Crippen LogP contribution is -2.40. The Labute approximate surface area is 103 Å². The highest BCUT2D eigenvalue weighted by Gasteiger charge is 2.32. The summed E-state index contributed by atoms with van der Waals surface area (Å²) in [6.07, 6.45) is 6.02. The molecule has 1 fully saturated rings. The molecule has 0 spiro atoms. The average Bonchev–Trinajstić information content (AvgIpc) is 2.31. The van der Waals surface area contributed by atoms with Gasteiger partial charge in [-0.2, -0.15) is 0 Å². The van der Waals surface area contributed by atoms with Crippen molar-refractivity contribution in [3.8, 4) is 0 Å². The first-order valence-electron chi connectivity index (χ1n) is 6.19. The number of halogens is 1. The number of hydrogen-bond donors (Lipinski definition) is 1. The summed E-state index contributed by atoms with van der Waals surface area (Å²) in [5.74, 6) is 0.879. The van der Waals surface area contributed by atoms with Crippen molar-refractivity contribution in [3.63, 3.8) is 0 Å². The first-order valence-corrected chi connectivity index (χ1v) is 6.57. The molecule has 2 rings (SSSR count). The fourth-order valence-electron chi connectivity index (χ4n) is 2.67. The number of benzene rings is 1. The SMILES string of the molecule is CCC1CCC(N)(c2ccc(Cl)cc2)CC1. The van der Waals surface area contributed by atoms with Crippen LogP contribution >= 0.6 is 11.6 Å². The predicted octanol–water partition coefficient (Wildman–Crippen LogP) is 4.09. The first kappa shape index (κ1) is 11.9. The van der Waals surface area contributed by atoms with Gasteiger partial charge in [-0.3, -0.25) is 0 Å². The van der Waals surface area contributed by atoms with Crippen LogP contribution in [0.25, 0.3) is 0 Å². The third-order valence-corrected chi connectivity index (χ3v) is 4.25. The molecule has 1 nitrogen and oxygen atoms in total. The summed E-state index contributed by atoms with van der Waals surface area (Å²) in [6.45, 7) is 2.27. The van der Waals surface area contributed by atoms with Crippen molar-refractivity contribution in [2.45, 2.75) is 44.6 Å². The lowest BCUT2D eigenvalue weighted by molar-refractivity contribution is 0.231. The van der Waals surface area contributed by atoms with Gasteiger partial charge in [0, 0.05) is 10.6 Å². The van der Waals surface area contributed by atoms with E-state index in [1.54, 1.807) is 0 Å². The Balaban J connectivity index is 2.11. The van der Waals surface area contributed by atoms with Crippen molar-refractivity contribution in [2.75, 3.05) is 0 Å². The highest BCUT2D eigenvalue weighted by Crippen LogP contribution is 2.38. The Kier molecular flexibility index (Phi) is 3.56. The fraction of sp³-hybridized carbons (Fsp3) is 0.571. The Morgan fingerprint density at radius 1 is 1.25 bits per heavy atom. The molecule has 2 heteroatoms. The zero-order valence-corrected chi connectivity index (χ0v) is 10.6. The maximum Gasteiger partial charge on any atom is 0.0409 e. The van der Waals surface area contributed by atoms with Crippen molar-refractivity contribution < 1.29 is 0 Å². The van der Waals surface area contributed by atoms with Crippen LogP contribution in [0.2, 0.25) is 5.02 Å². The molecule has 2 N–H and O–H groups in total. The van der Waals surface area contributed by atoms with Crippen LogP contribution in [-0.4, -0.2) is 0 Å². The van der Waals surface area contributed by atoms with Crippen LogP contribution in [0.15, 0.2) is 24.3 Å². The summed E-state index contributed by atoms with van der Waals surface area (Å²) >= 11 is 5.90. The summed E-state index contributed by atoms with van der Waals surface area (Å²) in [6, 6.07) is 8.04. The van der Waals surface area contributed by atoms with Gasteiger partial charge in [0.25, 0.3) is 0 Å². The van der Waals surface area contributed by atoms with Gasteiger partial charge in [0.05, 0.1) is 0 Å². The van der Waals surface area contributed by atoms with Crippen molar-refractivity contribution in [2.24, 2.45) is 11.7 Å². The van der Waals surface area contributed by atoms with E-state index in [-0.39, 0.29) is 5.54 Å². The molecule has 1 saturated carbocycles. The van der Waals surface area contributed by atoms with Crippen molar-refractivity contribution in [1.82, 2.24) is 0 Å². The van der Waals surface area contributed by atoms with Gasteiger partial charge in [-0.05, 0) is 49.3 Å². The molecule has 16 heavy (non-hydrogen) atoms. The maximum atomic E-state index is 6.50. The number of nitrogens with two attached hydrogens (primary N) is 1. The third-order valence-electron chi connectivity index (χ3n) is 3.99. The molecule has 1 aliphatic rings. The van der Waals surface area contributed by atoms with E-state index in [4.69, 9.17) is 17.3 Å². The predicted molar refractivity (Wildman–Crippen MR) is 69.6 cm³/mol. The Hall–Kier alpha value is -0.530. The van der Waals surface area contributed by atoms with Crippen molar-refractivity contribution in [3.05, 3.63) is 34.9 Å². The van der Waals surface area contributed by atoms with Gasteiger partial charge in [0.15, 0.2) is 0 Å². The average molecular weight is 238 g/mol. The van der Waals surface area contributed by atoms with Crippen molar-refractivity contribution >= 4 is 11.6 Å². The molecular formula is C14H20ClN. The number of rotatable bonds is 2. The van der Waals surface area contributed by atoms with E-state index in [0.717, 1.165) is 23.8 Å². The number of hydrogen-bond acceptors (Lipinski definition) is 1. The largest absolute Gasteiger partial charge is 0.321 e. The minimum atomic E-state index is -0.115. The smallest absolute Gasteiger partial charge is 0.0409 e. The van der Waals surface area contributed by atoms with E-state index in [0.29, 0.717) is 0 Å². The Bertz CT molecular complexity index is 336. The molecule has 0 radical (unpaired) electrons. The maximum absolute atomic E-state index is 6.50. The zero-order chi connectivity index (χ0) is 11.6. The summed E-state index contributed by atoms with van der Waals surface area (Å²) in [7, 11) is 0. The normalized spacial score (nSPS) is 30.3. The summed E-state index contributed by atoms with van der Waals surface area (Å²) in [5.41, 5.74) is 7.63. The van der Waals surface area contributed by atoms with Gasteiger partial charge >= 0.3 is 0 Å². The second-order valence-corrected chi connectivity index (χ2v) is 5.45. The minimum Gasteiger partial charge on any atom is -0.321 e. The molecule has 0 heterocycles. The molecule has 1 aliphatic carbocycles. The molecule has 1 aromatic rings. The van der Waals surface area contributed by atoms with Gasteiger partial charge in [0.1, 0.15) is 0 Å². The molecule has 1 aromatic carbocycles. The first-order chi connectivity index (χ1) is 7.64. The van der Waals surface area contributed by atoms with E-state index in [1.165, 1.54) is 24.8 Å². The van der Waals surface area contributed by atoms with Gasteiger partial charge in [-0.25, -0.2) is 0 Å². The second kappa shape index (κ2) is 4.77.